The van der Waals surface area contributed by atoms with Crippen LogP contribution in [0.5, 0.6) is 0 Å². The average Bonchev–Trinajstić information content (AvgIpc) is 2.16. The van der Waals surface area contributed by atoms with Gasteiger partial charge < -0.3 is 10.5 Å². The second-order valence-corrected chi connectivity index (χ2v) is 3.45. The van der Waals surface area contributed by atoms with Crippen molar-refractivity contribution in [2.75, 3.05) is 7.11 Å². The first-order chi connectivity index (χ1) is 6.48. The van der Waals surface area contributed by atoms with Gasteiger partial charge in [-0.25, -0.2) is 9.78 Å². The number of halogens is 1. The van der Waals surface area contributed by atoms with Gasteiger partial charge in [-0.3, -0.25) is 0 Å². The Balaban J connectivity index is 3.09. The quantitative estimate of drug-likeness (QED) is 0.591. The monoisotopic (exact) mass is 214 g/mol. The second kappa shape index (κ2) is 3.94. The SMILES string of the molecule is COC(=O)[C@@](C)(N)c1ccnc(Cl)c1. The first kappa shape index (κ1) is 10.9. The van der Waals surface area contributed by atoms with Gasteiger partial charge in [-0.2, -0.15) is 0 Å². The van der Waals surface area contributed by atoms with Crippen molar-refractivity contribution < 1.29 is 9.53 Å². The van der Waals surface area contributed by atoms with E-state index in [2.05, 4.69) is 9.72 Å². The highest BCUT2D eigenvalue weighted by molar-refractivity contribution is 6.29. The van der Waals surface area contributed by atoms with E-state index in [4.69, 9.17) is 17.3 Å². The molecular weight excluding hydrogens is 204 g/mol. The van der Waals surface area contributed by atoms with E-state index in [1.165, 1.54) is 13.3 Å². The molecule has 1 aromatic rings. The lowest BCUT2D eigenvalue weighted by Gasteiger charge is -2.21. The van der Waals surface area contributed by atoms with Gasteiger partial charge in [0.2, 0.25) is 0 Å². The highest BCUT2D eigenvalue weighted by Crippen LogP contribution is 2.20. The molecule has 0 amide bonds. The molecule has 1 atom stereocenters. The second-order valence-electron chi connectivity index (χ2n) is 3.06. The van der Waals surface area contributed by atoms with E-state index in [1.54, 1.807) is 19.1 Å². The number of hydrogen-bond acceptors (Lipinski definition) is 4. The molecule has 0 radical (unpaired) electrons. The molecule has 0 bridgehead atoms. The first-order valence-corrected chi connectivity index (χ1v) is 4.35. The van der Waals surface area contributed by atoms with Crippen molar-refractivity contribution in [1.82, 2.24) is 4.98 Å². The summed E-state index contributed by atoms with van der Waals surface area (Å²) < 4.78 is 4.58. The van der Waals surface area contributed by atoms with Crippen molar-refractivity contribution in [3.63, 3.8) is 0 Å². The zero-order valence-corrected chi connectivity index (χ0v) is 8.71. The topological polar surface area (TPSA) is 65.2 Å². The smallest absolute Gasteiger partial charge is 0.330 e. The number of carbonyl (C=O) groups excluding carboxylic acids is 1. The van der Waals surface area contributed by atoms with Crippen LogP contribution in [0.1, 0.15) is 12.5 Å². The number of ether oxygens (including phenoxy) is 1. The van der Waals surface area contributed by atoms with Gasteiger partial charge in [0.05, 0.1) is 7.11 Å². The minimum absolute atomic E-state index is 0.295. The molecule has 4 nitrogen and oxygen atoms in total. The number of nitrogens with zero attached hydrogens (tertiary/aromatic N) is 1. The van der Waals surface area contributed by atoms with Crippen LogP contribution in [0.4, 0.5) is 0 Å². The third kappa shape index (κ3) is 2.02. The number of carbonyl (C=O) groups is 1. The molecule has 0 saturated heterocycles. The van der Waals surface area contributed by atoms with E-state index in [0.29, 0.717) is 10.7 Å². The molecule has 0 aromatic carbocycles. The van der Waals surface area contributed by atoms with Crippen molar-refractivity contribution in [3.8, 4) is 0 Å². The van der Waals surface area contributed by atoms with E-state index in [9.17, 15) is 4.79 Å². The van der Waals surface area contributed by atoms with Crippen LogP contribution in [0.15, 0.2) is 18.3 Å². The van der Waals surface area contributed by atoms with Crippen molar-refractivity contribution in [3.05, 3.63) is 29.0 Å². The Hall–Kier alpha value is -1.13. The fourth-order valence-electron chi connectivity index (χ4n) is 1.06. The summed E-state index contributed by atoms with van der Waals surface area (Å²) in [4.78, 5) is 15.1. The molecule has 0 aliphatic heterocycles. The molecule has 14 heavy (non-hydrogen) atoms. The molecule has 2 N–H and O–H groups in total. The van der Waals surface area contributed by atoms with E-state index in [-0.39, 0.29) is 0 Å². The van der Waals surface area contributed by atoms with Gasteiger partial charge >= 0.3 is 5.97 Å². The maximum Gasteiger partial charge on any atom is 0.330 e. The molecule has 0 saturated carbocycles. The largest absolute Gasteiger partial charge is 0.467 e. The van der Waals surface area contributed by atoms with Crippen LogP contribution in [0.2, 0.25) is 5.15 Å². The number of esters is 1. The Labute approximate surface area is 87.0 Å². The number of pyridine rings is 1. The summed E-state index contributed by atoms with van der Waals surface area (Å²) in [6, 6.07) is 3.17. The molecule has 0 unspecified atom stereocenters. The molecule has 5 heteroatoms. The zero-order chi connectivity index (χ0) is 10.8. The summed E-state index contributed by atoms with van der Waals surface area (Å²) in [7, 11) is 1.29. The number of rotatable bonds is 2. The first-order valence-electron chi connectivity index (χ1n) is 3.98. The van der Waals surface area contributed by atoms with Gasteiger partial charge in [0, 0.05) is 6.20 Å². The maximum absolute atomic E-state index is 11.3. The lowest BCUT2D eigenvalue weighted by Crippen LogP contribution is -2.42. The van der Waals surface area contributed by atoms with Gasteiger partial charge in [-0.05, 0) is 24.6 Å². The minimum atomic E-state index is -1.19. The Morgan fingerprint density at radius 3 is 2.86 bits per heavy atom. The fourth-order valence-corrected chi connectivity index (χ4v) is 1.23. The fraction of sp³-hybridized carbons (Fsp3) is 0.333. The zero-order valence-electron chi connectivity index (χ0n) is 7.95. The highest BCUT2D eigenvalue weighted by atomic mass is 35.5. The normalized spacial score (nSPS) is 14.6. The summed E-state index contributed by atoms with van der Waals surface area (Å²) in [6.07, 6.45) is 1.49. The van der Waals surface area contributed by atoms with Crippen molar-refractivity contribution in [2.24, 2.45) is 5.73 Å². The lowest BCUT2D eigenvalue weighted by molar-refractivity contribution is -0.146. The lowest BCUT2D eigenvalue weighted by atomic mass is 9.94. The van der Waals surface area contributed by atoms with Crippen LogP contribution < -0.4 is 5.73 Å². The Morgan fingerprint density at radius 2 is 2.36 bits per heavy atom. The summed E-state index contributed by atoms with van der Waals surface area (Å²) in [5.74, 6) is -0.514. The van der Waals surface area contributed by atoms with Crippen LogP contribution >= 0.6 is 11.6 Å². The van der Waals surface area contributed by atoms with Gasteiger partial charge in [-0.15, -0.1) is 0 Å². The molecule has 0 aliphatic carbocycles. The summed E-state index contributed by atoms with van der Waals surface area (Å²) >= 11 is 5.68. The standard InChI is InChI=1S/C9H11ClN2O2/c1-9(11,8(13)14-2)6-3-4-12-7(10)5-6/h3-5H,11H2,1-2H3/t9-/m0/s1. The van der Waals surface area contributed by atoms with Crippen molar-refractivity contribution in [2.45, 2.75) is 12.5 Å². The molecule has 0 spiro atoms. The average molecular weight is 215 g/mol. The number of aromatic nitrogens is 1. The molecular formula is C9H11ClN2O2. The number of hydrogen-bond donors (Lipinski definition) is 1. The molecule has 76 valence electrons. The molecule has 0 aliphatic rings. The van der Waals surface area contributed by atoms with E-state index >= 15 is 0 Å². The molecule has 1 rings (SSSR count). The summed E-state index contributed by atoms with van der Waals surface area (Å²) in [5.41, 5.74) is 5.18. The summed E-state index contributed by atoms with van der Waals surface area (Å²) in [6.45, 7) is 1.56. The van der Waals surface area contributed by atoms with Gasteiger partial charge in [0.15, 0.2) is 0 Å². The highest BCUT2D eigenvalue weighted by Gasteiger charge is 2.31. The van der Waals surface area contributed by atoms with Crippen LogP contribution in [0, 0.1) is 0 Å². The van der Waals surface area contributed by atoms with Crippen LogP contribution in [0.25, 0.3) is 0 Å². The van der Waals surface area contributed by atoms with Gasteiger partial charge in [-0.1, -0.05) is 11.6 Å². The number of methoxy groups -OCH3 is 1. The third-order valence-corrected chi connectivity index (χ3v) is 2.14. The Bertz CT molecular complexity index is 352. The minimum Gasteiger partial charge on any atom is -0.467 e. The van der Waals surface area contributed by atoms with Crippen molar-refractivity contribution in [1.29, 1.82) is 0 Å². The predicted octanol–water partition coefficient (Wildman–Crippen LogP) is 1.08. The Morgan fingerprint density at radius 1 is 1.71 bits per heavy atom. The number of nitrogens with two attached hydrogens (primary N) is 1. The van der Waals surface area contributed by atoms with Crippen LogP contribution in [-0.2, 0) is 15.1 Å². The van der Waals surface area contributed by atoms with Crippen LogP contribution in [0.3, 0.4) is 0 Å². The van der Waals surface area contributed by atoms with Crippen LogP contribution in [-0.4, -0.2) is 18.1 Å². The maximum atomic E-state index is 11.3. The van der Waals surface area contributed by atoms with Crippen molar-refractivity contribution >= 4 is 17.6 Å². The van der Waals surface area contributed by atoms with Gasteiger partial charge in [0.25, 0.3) is 0 Å². The van der Waals surface area contributed by atoms with E-state index in [1.807, 2.05) is 0 Å². The third-order valence-electron chi connectivity index (χ3n) is 1.94. The predicted molar refractivity (Wildman–Crippen MR) is 52.8 cm³/mol. The molecule has 1 aromatic heterocycles. The Kier molecular flexibility index (Phi) is 3.08. The van der Waals surface area contributed by atoms with Gasteiger partial charge in [0.1, 0.15) is 10.7 Å². The van der Waals surface area contributed by atoms with E-state index < -0.39 is 11.5 Å². The molecule has 1 heterocycles. The summed E-state index contributed by atoms with van der Waals surface area (Å²) in [5, 5.41) is 0.295. The molecule has 0 fully saturated rings. The van der Waals surface area contributed by atoms with E-state index in [0.717, 1.165) is 0 Å².